The summed E-state index contributed by atoms with van der Waals surface area (Å²) in [5.41, 5.74) is 5.00. The third kappa shape index (κ3) is 3.06. The van der Waals surface area contributed by atoms with Gasteiger partial charge >= 0.3 is 10.8 Å². The highest BCUT2D eigenvalue weighted by molar-refractivity contribution is 8.00. The molecule has 2 aromatic heterocycles. The summed E-state index contributed by atoms with van der Waals surface area (Å²) in [6.45, 7) is 2.00. The number of anilines is 1. The summed E-state index contributed by atoms with van der Waals surface area (Å²) in [5, 5.41) is 8.68. The Morgan fingerprint density at radius 1 is 1.50 bits per heavy atom. The van der Waals surface area contributed by atoms with E-state index < -0.39 is 27.9 Å². The molecule has 11 heteroatoms. The Hall–Kier alpha value is -1.85. The maximum absolute atomic E-state index is 12.4. The molecule has 0 saturated carbocycles. The normalized spacial score (nSPS) is 23.8. The Bertz CT molecular complexity index is 889. The molecule has 0 amide bonds. The molecule has 1 aliphatic heterocycles. The number of nitrogens with two attached hydrogens (primary N) is 1. The third-order valence-electron chi connectivity index (χ3n) is 3.58. The fourth-order valence-corrected chi connectivity index (χ4v) is 4.97. The number of rotatable bonds is 5. The first-order valence-corrected chi connectivity index (χ1v) is 9.10. The van der Waals surface area contributed by atoms with Crippen molar-refractivity contribution in [2.75, 3.05) is 5.73 Å². The van der Waals surface area contributed by atoms with Crippen molar-refractivity contribution >= 4 is 45.4 Å². The lowest BCUT2D eigenvalue weighted by Gasteiger charge is -2.17. The van der Waals surface area contributed by atoms with Gasteiger partial charge in [0.25, 0.3) is 5.56 Å². The van der Waals surface area contributed by atoms with E-state index in [1.165, 1.54) is 16.3 Å². The summed E-state index contributed by atoms with van der Waals surface area (Å²) in [7, 11) is 0. The number of nitrogens with zero attached hydrogens (tertiary/aromatic N) is 2. The van der Waals surface area contributed by atoms with Crippen LogP contribution in [0, 0.1) is 0 Å². The quantitative estimate of drug-likeness (QED) is 0.705. The van der Waals surface area contributed by atoms with Crippen molar-refractivity contribution in [2.45, 2.75) is 43.1 Å². The second kappa shape index (κ2) is 6.57. The fraction of sp³-hybridized carbons (Fsp3) is 0.538. The van der Waals surface area contributed by atoms with Gasteiger partial charge in [-0.1, -0.05) is 24.7 Å². The van der Waals surface area contributed by atoms with Crippen molar-refractivity contribution in [1.82, 2.24) is 14.5 Å². The number of hydrogen-bond acceptors (Lipinski definition) is 8. The van der Waals surface area contributed by atoms with Gasteiger partial charge in [0.1, 0.15) is 10.1 Å². The smallest absolute Gasteiger partial charge is 0.311 e. The second-order valence-corrected chi connectivity index (χ2v) is 7.72. The summed E-state index contributed by atoms with van der Waals surface area (Å²) in [4.78, 5) is 41.5. The lowest BCUT2D eigenvalue weighted by Crippen LogP contribution is -2.28. The van der Waals surface area contributed by atoms with Crippen molar-refractivity contribution in [3.63, 3.8) is 0 Å². The van der Waals surface area contributed by atoms with Gasteiger partial charge in [-0.05, 0) is 6.42 Å². The Labute approximate surface area is 143 Å². The number of hydrogen-bond donors (Lipinski definition) is 3. The predicted octanol–water partition coefficient (Wildman–Crippen LogP) is 0.960. The van der Waals surface area contributed by atoms with E-state index in [0.29, 0.717) is 0 Å². The summed E-state index contributed by atoms with van der Waals surface area (Å²) < 4.78 is 7.31. The lowest BCUT2D eigenvalue weighted by atomic mass is 10.2. The van der Waals surface area contributed by atoms with Crippen LogP contribution in [0.4, 0.5) is 5.95 Å². The number of carboxylic acid groups (broad SMARTS) is 1. The topological polar surface area (TPSA) is 140 Å². The van der Waals surface area contributed by atoms with E-state index in [1.54, 1.807) is 0 Å². The number of nitrogen functional groups attached to an aromatic ring is 1. The van der Waals surface area contributed by atoms with Crippen LogP contribution in [0.1, 0.15) is 32.4 Å². The molecule has 2 aromatic rings. The highest BCUT2D eigenvalue weighted by Crippen LogP contribution is 2.43. The Morgan fingerprint density at radius 3 is 2.92 bits per heavy atom. The number of carbonyl (C=O) groups is 1. The van der Waals surface area contributed by atoms with Crippen LogP contribution in [0.15, 0.2) is 9.59 Å². The number of aliphatic carboxylic acids is 1. The first-order chi connectivity index (χ1) is 11.4. The Kier molecular flexibility index (Phi) is 4.65. The van der Waals surface area contributed by atoms with E-state index in [2.05, 4.69) is 9.97 Å². The van der Waals surface area contributed by atoms with Crippen LogP contribution in [0.2, 0.25) is 0 Å². The van der Waals surface area contributed by atoms with E-state index in [9.17, 15) is 14.4 Å². The molecule has 1 aliphatic rings. The molecule has 0 aliphatic carbocycles. The monoisotopic (exact) mass is 372 g/mol. The molecule has 0 radical (unpaired) electrons. The van der Waals surface area contributed by atoms with Crippen molar-refractivity contribution in [1.29, 1.82) is 0 Å². The number of carboxylic acids is 1. The highest BCUT2D eigenvalue weighted by Gasteiger charge is 2.40. The third-order valence-corrected chi connectivity index (χ3v) is 5.92. The molecule has 0 bridgehead atoms. The summed E-state index contributed by atoms with van der Waals surface area (Å²) in [6.07, 6.45) is 0.661. The zero-order valence-corrected chi connectivity index (χ0v) is 14.4. The molecule has 3 atom stereocenters. The summed E-state index contributed by atoms with van der Waals surface area (Å²) in [6, 6.07) is 0. The van der Waals surface area contributed by atoms with Gasteiger partial charge in [0.15, 0.2) is 11.9 Å². The van der Waals surface area contributed by atoms with Gasteiger partial charge in [-0.15, -0.1) is 11.8 Å². The maximum Gasteiger partial charge on any atom is 0.311 e. The molecule has 3 heterocycles. The Balaban J connectivity index is 2.10. The number of aromatic nitrogens is 3. The van der Waals surface area contributed by atoms with Crippen molar-refractivity contribution < 1.29 is 14.6 Å². The highest BCUT2D eigenvalue weighted by atomic mass is 32.2. The van der Waals surface area contributed by atoms with Gasteiger partial charge in [-0.2, -0.15) is 4.98 Å². The first-order valence-electron chi connectivity index (χ1n) is 7.34. The van der Waals surface area contributed by atoms with Crippen LogP contribution in [0.5, 0.6) is 0 Å². The average molecular weight is 372 g/mol. The van der Waals surface area contributed by atoms with Gasteiger partial charge in [-0.25, -0.2) is 0 Å². The molecule has 24 heavy (non-hydrogen) atoms. The SMILES string of the molecule is CCCC1OC(n2c(=O)sc3c(=O)[nH]c(N)nc32)[C@H](CC(=O)O)S1. The van der Waals surface area contributed by atoms with Crippen LogP contribution in [0.3, 0.4) is 0 Å². The van der Waals surface area contributed by atoms with Crippen LogP contribution in [0.25, 0.3) is 10.3 Å². The number of aromatic amines is 1. The molecule has 2 unspecified atom stereocenters. The number of fused-ring (bicyclic) bond motifs is 1. The summed E-state index contributed by atoms with van der Waals surface area (Å²) in [5.74, 6) is -1.08. The van der Waals surface area contributed by atoms with E-state index >= 15 is 0 Å². The minimum atomic E-state index is -0.976. The van der Waals surface area contributed by atoms with Crippen molar-refractivity contribution in [3.05, 3.63) is 20.0 Å². The van der Waals surface area contributed by atoms with E-state index in [4.69, 9.17) is 15.6 Å². The van der Waals surface area contributed by atoms with E-state index in [0.717, 1.165) is 24.2 Å². The van der Waals surface area contributed by atoms with Crippen LogP contribution in [-0.2, 0) is 9.53 Å². The molecule has 9 nitrogen and oxygen atoms in total. The molecular formula is C13H16N4O5S2. The number of thioether (sulfide) groups is 1. The fourth-order valence-electron chi connectivity index (χ4n) is 2.63. The summed E-state index contributed by atoms with van der Waals surface area (Å²) >= 11 is 2.14. The standard InChI is InChI=1S/C13H16N4O5S2/c1-2-3-7-22-11(5(23-7)4-6(18)19)17-9-8(24-13(17)21)10(20)16-12(14)15-9/h5,7,11H,2-4H2,1H3,(H,18,19)(H3,14,15,16,20)/t5-,7?,11?/m0/s1. The van der Waals surface area contributed by atoms with Gasteiger partial charge in [0, 0.05) is 0 Å². The van der Waals surface area contributed by atoms with Crippen molar-refractivity contribution in [3.8, 4) is 0 Å². The van der Waals surface area contributed by atoms with Gasteiger partial charge in [0.2, 0.25) is 5.95 Å². The van der Waals surface area contributed by atoms with Crippen LogP contribution in [-0.4, -0.2) is 36.3 Å². The second-order valence-electron chi connectivity index (χ2n) is 5.36. The van der Waals surface area contributed by atoms with Crippen LogP contribution < -0.4 is 16.2 Å². The number of ether oxygens (including phenoxy) is 1. The predicted molar refractivity (Wildman–Crippen MR) is 91.4 cm³/mol. The largest absolute Gasteiger partial charge is 0.481 e. The average Bonchev–Trinajstić information content (AvgIpc) is 2.99. The van der Waals surface area contributed by atoms with E-state index in [-0.39, 0.29) is 28.2 Å². The number of thiazole rings is 1. The maximum atomic E-state index is 12.4. The number of nitrogens with one attached hydrogen (secondary N) is 1. The Morgan fingerprint density at radius 2 is 2.25 bits per heavy atom. The van der Waals surface area contributed by atoms with Gasteiger partial charge in [0.05, 0.1) is 11.7 Å². The van der Waals surface area contributed by atoms with E-state index in [1.807, 2.05) is 6.92 Å². The lowest BCUT2D eigenvalue weighted by molar-refractivity contribution is -0.137. The first kappa shape index (κ1) is 17.0. The zero-order valence-electron chi connectivity index (χ0n) is 12.7. The molecule has 3 rings (SSSR count). The van der Waals surface area contributed by atoms with Crippen molar-refractivity contribution in [2.24, 2.45) is 0 Å². The van der Waals surface area contributed by atoms with Crippen LogP contribution >= 0.6 is 23.1 Å². The molecule has 0 aromatic carbocycles. The van der Waals surface area contributed by atoms with Gasteiger partial charge < -0.3 is 15.6 Å². The minimum Gasteiger partial charge on any atom is -0.481 e. The molecule has 1 saturated heterocycles. The zero-order chi connectivity index (χ0) is 17.4. The van der Waals surface area contributed by atoms with Gasteiger partial charge in [-0.3, -0.25) is 23.9 Å². The molecule has 130 valence electrons. The minimum absolute atomic E-state index is 0.107. The number of H-pyrrole nitrogens is 1. The molecule has 0 spiro atoms. The molecular weight excluding hydrogens is 356 g/mol. The molecule has 4 N–H and O–H groups in total. The molecule has 1 fully saturated rings.